The molecule has 4 bridgehead atoms. The van der Waals surface area contributed by atoms with Gasteiger partial charge in [-0.25, -0.2) is 0 Å². The predicted octanol–water partition coefficient (Wildman–Crippen LogP) is 3.42. The first-order valence-corrected chi connectivity index (χ1v) is 10.1. The van der Waals surface area contributed by atoms with Crippen molar-refractivity contribution in [2.24, 2.45) is 16.7 Å². The molecule has 5 aliphatic rings. The molecule has 0 aromatic carbocycles. The Morgan fingerprint density at radius 3 is 2.16 bits per heavy atom. The standard InChI is InChI=1S/C21H32N2O2/c1-19-10-16-11-20(2,13-19)15-21(12-16,14-19)22-17(24)6-7-18(25)23-8-4-3-5-9-23/h6-7,16H,3-5,8-15H2,1-2H3,(H,22,24)/b7-6-. The Bertz CT molecular complexity index is 587. The second kappa shape index (κ2) is 5.85. The van der Waals surface area contributed by atoms with E-state index in [-0.39, 0.29) is 17.4 Å². The number of likely N-dealkylation sites (tertiary alicyclic amines) is 1. The average Bonchev–Trinajstić information content (AvgIpc) is 2.49. The number of rotatable bonds is 3. The van der Waals surface area contributed by atoms with Crippen molar-refractivity contribution in [3.05, 3.63) is 12.2 Å². The monoisotopic (exact) mass is 344 g/mol. The fourth-order valence-corrected chi connectivity index (χ4v) is 7.26. The molecular formula is C21H32N2O2. The van der Waals surface area contributed by atoms with Crippen LogP contribution in [-0.2, 0) is 9.59 Å². The van der Waals surface area contributed by atoms with Crippen LogP contribution >= 0.6 is 0 Å². The lowest BCUT2D eigenvalue weighted by Crippen LogP contribution is -2.65. The summed E-state index contributed by atoms with van der Waals surface area (Å²) in [5.41, 5.74) is 0.724. The normalized spacial score (nSPS) is 42.8. The summed E-state index contributed by atoms with van der Waals surface area (Å²) in [6.07, 6.45) is 13.6. The van der Waals surface area contributed by atoms with E-state index in [4.69, 9.17) is 0 Å². The van der Waals surface area contributed by atoms with Crippen molar-refractivity contribution in [1.82, 2.24) is 10.2 Å². The third kappa shape index (κ3) is 3.37. The van der Waals surface area contributed by atoms with Crippen molar-refractivity contribution in [1.29, 1.82) is 0 Å². The summed E-state index contributed by atoms with van der Waals surface area (Å²) in [6.45, 7) is 6.47. The van der Waals surface area contributed by atoms with Crippen molar-refractivity contribution in [3.8, 4) is 0 Å². The highest BCUT2D eigenvalue weighted by atomic mass is 16.2. The lowest BCUT2D eigenvalue weighted by molar-refractivity contribution is -0.136. The van der Waals surface area contributed by atoms with Gasteiger partial charge < -0.3 is 10.2 Å². The number of carbonyl (C=O) groups excluding carboxylic acids is 2. The first kappa shape index (κ1) is 17.1. The molecule has 0 aromatic heterocycles. The first-order valence-electron chi connectivity index (χ1n) is 10.1. The van der Waals surface area contributed by atoms with Crippen LogP contribution in [0, 0.1) is 16.7 Å². The Hall–Kier alpha value is -1.32. The van der Waals surface area contributed by atoms with Crippen LogP contribution in [0.2, 0.25) is 0 Å². The van der Waals surface area contributed by atoms with Gasteiger partial charge in [0.1, 0.15) is 0 Å². The van der Waals surface area contributed by atoms with E-state index in [2.05, 4.69) is 19.2 Å². The second-order valence-electron chi connectivity index (χ2n) is 10.1. The van der Waals surface area contributed by atoms with Crippen molar-refractivity contribution in [2.45, 2.75) is 77.2 Å². The molecule has 4 aliphatic carbocycles. The molecule has 2 amide bonds. The van der Waals surface area contributed by atoms with E-state index in [1.165, 1.54) is 37.8 Å². The summed E-state index contributed by atoms with van der Waals surface area (Å²) in [7, 11) is 0. The molecule has 5 fully saturated rings. The maximum absolute atomic E-state index is 12.6. The zero-order valence-electron chi connectivity index (χ0n) is 15.8. The predicted molar refractivity (Wildman–Crippen MR) is 97.9 cm³/mol. The molecular weight excluding hydrogens is 312 g/mol. The number of hydrogen-bond donors (Lipinski definition) is 1. The van der Waals surface area contributed by atoms with Gasteiger partial charge in [0.2, 0.25) is 11.8 Å². The van der Waals surface area contributed by atoms with Crippen LogP contribution in [-0.4, -0.2) is 35.3 Å². The molecule has 0 aromatic rings. The quantitative estimate of drug-likeness (QED) is 0.798. The molecule has 2 unspecified atom stereocenters. The van der Waals surface area contributed by atoms with Crippen LogP contribution in [0.5, 0.6) is 0 Å². The molecule has 138 valence electrons. The minimum atomic E-state index is -0.0838. The number of carbonyl (C=O) groups is 2. The Kier molecular flexibility index (Phi) is 4.01. The van der Waals surface area contributed by atoms with E-state index >= 15 is 0 Å². The molecule has 0 spiro atoms. The summed E-state index contributed by atoms with van der Waals surface area (Å²) >= 11 is 0. The van der Waals surface area contributed by atoms with E-state index in [0.717, 1.165) is 51.1 Å². The summed E-state index contributed by atoms with van der Waals surface area (Å²) in [5.74, 6) is 0.657. The van der Waals surface area contributed by atoms with Gasteiger partial charge in [0.05, 0.1) is 0 Å². The minimum absolute atomic E-state index is 0.0146. The number of piperidine rings is 1. The van der Waals surface area contributed by atoms with E-state index in [0.29, 0.717) is 10.8 Å². The van der Waals surface area contributed by atoms with Gasteiger partial charge in [0.25, 0.3) is 0 Å². The minimum Gasteiger partial charge on any atom is -0.347 e. The topological polar surface area (TPSA) is 49.4 Å². The zero-order valence-corrected chi connectivity index (χ0v) is 15.8. The van der Waals surface area contributed by atoms with Crippen molar-refractivity contribution >= 4 is 11.8 Å². The summed E-state index contributed by atoms with van der Waals surface area (Å²) in [6, 6.07) is 0. The third-order valence-corrected chi connectivity index (χ3v) is 7.06. The average molecular weight is 344 g/mol. The Labute approximate surface area is 151 Å². The van der Waals surface area contributed by atoms with Gasteiger partial charge in [-0.3, -0.25) is 9.59 Å². The number of amides is 2. The summed E-state index contributed by atoms with van der Waals surface area (Å²) < 4.78 is 0. The molecule has 2 atom stereocenters. The maximum atomic E-state index is 12.6. The smallest absolute Gasteiger partial charge is 0.246 e. The fourth-order valence-electron chi connectivity index (χ4n) is 7.26. The van der Waals surface area contributed by atoms with Crippen molar-refractivity contribution in [3.63, 3.8) is 0 Å². The largest absolute Gasteiger partial charge is 0.347 e. The lowest BCUT2D eigenvalue weighted by atomic mass is 9.43. The van der Waals surface area contributed by atoms with Gasteiger partial charge >= 0.3 is 0 Å². The van der Waals surface area contributed by atoms with Crippen molar-refractivity contribution in [2.75, 3.05) is 13.1 Å². The first-order chi connectivity index (χ1) is 11.8. The Balaban J connectivity index is 1.40. The SMILES string of the molecule is CC12CC3CC(C)(C1)CC(NC(=O)/C=C\C(=O)N1CCCCC1)(C3)C2. The fraction of sp³-hybridized carbons (Fsp3) is 0.810. The molecule has 0 radical (unpaired) electrons. The number of nitrogens with one attached hydrogen (secondary N) is 1. The summed E-state index contributed by atoms with van der Waals surface area (Å²) in [5, 5.41) is 3.34. The third-order valence-electron chi connectivity index (χ3n) is 7.06. The van der Waals surface area contributed by atoms with Gasteiger partial charge in [-0.2, -0.15) is 0 Å². The highest BCUT2D eigenvalue weighted by Gasteiger charge is 2.60. The molecule has 4 saturated carbocycles. The van der Waals surface area contributed by atoms with Crippen LogP contribution < -0.4 is 5.32 Å². The van der Waals surface area contributed by atoms with Crippen LogP contribution in [0.3, 0.4) is 0 Å². The van der Waals surface area contributed by atoms with Crippen LogP contribution in [0.15, 0.2) is 12.2 Å². The number of nitrogens with zero attached hydrogens (tertiary/aromatic N) is 1. The zero-order chi connectivity index (χ0) is 17.7. The summed E-state index contributed by atoms with van der Waals surface area (Å²) in [4.78, 5) is 26.6. The van der Waals surface area contributed by atoms with Crippen LogP contribution in [0.25, 0.3) is 0 Å². The van der Waals surface area contributed by atoms with E-state index in [1.54, 1.807) is 0 Å². The highest BCUT2D eigenvalue weighted by molar-refractivity contribution is 5.97. The maximum Gasteiger partial charge on any atom is 0.246 e. The van der Waals surface area contributed by atoms with Gasteiger partial charge in [0, 0.05) is 30.8 Å². The molecule has 5 rings (SSSR count). The van der Waals surface area contributed by atoms with Crippen LogP contribution in [0.1, 0.15) is 71.6 Å². The molecule has 1 N–H and O–H groups in total. The second-order valence-corrected chi connectivity index (χ2v) is 10.1. The molecule has 4 heteroatoms. The Morgan fingerprint density at radius 1 is 0.920 bits per heavy atom. The number of hydrogen-bond acceptors (Lipinski definition) is 2. The van der Waals surface area contributed by atoms with E-state index < -0.39 is 0 Å². The molecule has 1 saturated heterocycles. The molecule has 1 heterocycles. The Morgan fingerprint density at radius 2 is 1.56 bits per heavy atom. The van der Waals surface area contributed by atoms with E-state index in [9.17, 15) is 9.59 Å². The van der Waals surface area contributed by atoms with Gasteiger partial charge in [-0.05, 0) is 74.5 Å². The van der Waals surface area contributed by atoms with Crippen LogP contribution in [0.4, 0.5) is 0 Å². The van der Waals surface area contributed by atoms with Gasteiger partial charge in [-0.1, -0.05) is 13.8 Å². The molecule has 25 heavy (non-hydrogen) atoms. The molecule has 1 aliphatic heterocycles. The highest BCUT2D eigenvalue weighted by Crippen LogP contribution is 2.66. The molecule has 4 nitrogen and oxygen atoms in total. The van der Waals surface area contributed by atoms with E-state index in [1.807, 2.05) is 4.90 Å². The van der Waals surface area contributed by atoms with Gasteiger partial charge in [-0.15, -0.1) is 0 Å². The lowest BCUT2D eigenvalue weighted by Gasteiger charge is -2.65. The van der Waals surface area contributed by atoms with Gasteiger partial charge in [0.15, 0.2) is 0 Å². The van der Waals surface area contributed by atoms with Crippen molar-refractivity contribution < 1.29 is 9.59 Å².